The van der Waals surface area contributed by atoms with Crippen LogP contribution in [0, 0.1) is 0 Å². The van der Waals surface area contributed by atoms with Crippen molar-refractivity contribution in [2.75, 3.05) is 59.7 Å². The van der Waals surface area contributed by atoms with E-state index in [1.54, 1.807) is 28.8 Å². The maximum atomic E-state index is 13.6. The summed E-state index contributed by atoms with van der Waals surface area (Å²) in [6.07, 6.45) is 2.03. The number of nitrogens with zero attached hydrogens (tertiary/aromatic N) is 3. The number of benzene rings is 2. The number of ether oxygens (including phenoxy) is 3. The fraction of sp³-hybridized carbons (Fsp3) is 0.364. The quantitative estimate of drug-likeness (QED) is 0.398. The average molecular weight is 498 g/mol. The van der Waals surface area contributed by atoms with E-state index in [0.717, 1.165) is 15.1 Å². The first-order valence-corrected chi connectivity index (χ1v) is 11.7. The molecular weight excluding hydrogens is 470 g/mol. The minimum Gasteiger partial charge on any atom is -0.493 e. The lowest BCUT2D eigenvalue weighted by atomic mass is 10.1. The van der Waals surface area contributed by atoms with Crippen molar-refractivity contribution in [2.24, 2.45) is 0 Å². The van der Waals surface area contributed by atoms with Gasteiger partial charge in [0.25, 0.3) is 5.91 Å². The van der Waals surface area contributed by atoms with E-state index < -0.39 is 0 Å². The van der Waals surface area contributed by atoms with Gasteiger partial charge < -0.3 is 19.1 Å². The van der Waals surface area contributed by atoms with Gasteiger partial charge in [0, 0.05) is 23.5 Å². The minimum absolute atomic E-state index is 0. The molecule has 0 saturated carbocycles. The van der Waals surface area contributed by atoms with Crippen molar-refractivity contribution >= 4 is 56.8 Å². The number of fused-ring (bicyclic) bond motifs is 1. The second-order valence-electron chi connectivity index (χ2n) is 6.98. The van der Waals surface area contributed by atoms with Gasteiger partial charge in [0.2, 0.25) is 5.75 Å². The molecule has 0 aliphatic heterocycles. The molecular formula is C22H28ClN3O4S2. The lowest BCUT2D eigenvalue weighted by Crippen LogP contribution is -2.36. The first kappa shape index (κ1) is 26.1. The van der Waals surface area contributed by atoms with E-state index in [1.807, 2.05) is 43.5 Å². The SMILES string of the molecule is COc1cc(C(=O)N(CCN(C)C)c2nc3c(SC)cccc3s2)cc(OC)c1OC.Cl. The van der Waals surface area contributed by atoms with E-state index in [9.17, 15) is 4.79 Å². The van der Waals surface area contributed by atoms with Gasteiger partial charge in [-0.3, -0.25) is 9.69 Å². The zero-order valence-electron chi connectivity index (χ0n) is 19.0. The Morgan fingerprint density at radius 1 is 1.06 bits per heavy atom. The first-order valence-electron chi connectivity index (χ1n) is 9.63. The summed E-state index contributed by atoms with van der Waals surface area (Å²) in [5.41, 5.74) is 1.36. The number of aromatic nitrogens is 1. The number of halogens is 1. The van der Waals surface area contributed by atoms with E-state index in [2.05, 4.69) is 0 Å². The van der Waals surface area contributed by atoms with Crippen LogP contribution in [0.5, 0.6) is 17.2 Å². The fourth-order valence-electron chi connectivity index (χ4n) is 3.14. The van der Waals surface area contributed by atoms with Crippen molar-refractivity contribution < 1.29 is 19.0 Å². The van der Waals surface area contributed by atoms with Crippen LogP contribution >= 0.6 is 35.5 Å². The third kappa shape index (κ3) is 5.40. The molecule has 0 unspecified atom stereocenters. The molecule has 1 amide bonds. The Bertz CT molecular complexity index is 1050. The zero-order valence-corrected chi connectivity index (χ0v) is 21.4. The van der Waals surface area contributed by atoms with Crippen LogP contribution in [0.4, 0.5) is 5.13 Å². The number of hydrogen-bond donors (Lipinski definition) is 0. The predicted molar refractivity (Wildman–Crippen MR) is 135 cm³/mol. The molecule has 1 heterocycles. The van der Waals surface area contributed by atoms with Crippen LogP contribution in [0.2, 0.25) is 0 Å². The van der Waals surface area contributed by atoms with Crippen molar-refractivity contribution in [3.05, 3.63) is 35.9 Å². The number of rotatable bonds is 9. The van der Waals surface area contributed by atoms with Gasteiger partial charge in [-0.1, -0.05) is 17.4 Å². The molecule has 3 rings (SSSR count). The third-order valence-electron chi connectivity index (χ3n) is 4.75. The van der Waals surface area contributed by atoms with Gasteiger partial charge in [-0.15, -0.1) is 24.2 Å². The Morgan fingerprint density at radius 3 is 2.25 bits per heavy atom. The number of amides is 1. The molecule has 0 aliphatic rings. The van der Waals surface area contributed by atoms with Gasteiger partial charge in [-0.2, -0.15) is 0 Å². The number of hydrogen-bond acceptors (Lipinski definition) is 8. The standard InChI is InChI=1S/C22H27N3O4S2.ClH/c1-24(2)10-11-25(22-23-19-17(30-6)8-7-9-18(19)31-22)21(26)14-12-15(27-3)20(29-5)16(13-14)28-4;/h7-9,12-13H,10-11H2,1-6H3;1H. The maximum Gasteiger partial charge on any atom is 0.260 e. The van der Waals surface area contributed by atoms with E-state index in [1.165, 1.54) is 32.7 Å². The van der Waals surface area contributed by atoms with Crippen LogP contribution in [-0.2, 0) is 0 Å². The molecule has 1 aromatic heterocycles. The second kappa shape index (κ2) is 11.6. The molecule has 0 spiro atoms. The molecule has 0 N–H and O–H groups in total. The monoisotopic (exact) mass is 497 g/mol. The van der Waals surface area contributed by atoms with Crippen LogP contribution < -0.4 is 19.1 Å². The van der Waals surface area contributed by atoms with Crippen molar-refractivity contribution in [3.8, 4) is 17.2 Å². The van der Waals surface area contributed by atoms with Crippen LogP contribution in [0.15, 0.2) is 35.2 Å². The topological polar surface area (TPSA) is 64.1 Å². The Kier molecular flexibility index (Phi) is 9.45. The van der Waals surface area contributed by atoms with Crippen molar-refractivity contribution in [1.29, 1.82) is 0 Å². The summed E-state index contributed by atoms with van der Waals surface area (Å²) in [5, 5.41) is 0.664. The highest BCUT2D eigenvalue weighted by Crippen LogP contribution is 2.39. The van der Waals surface area contributed by atoms with Crippen molar-refractivity contribution in [1.82, 2.24) is 9.88 Å². The molecule has 0 fully saturated rings. The van der Waals surface area contributed by atoms with Gasteiger partial charge in [-0.05, 0) is 44.6 Å². The molecule has 7 nitrogen and oxygen atoms in total. The van der Waals surface area contributed by atoms with E-state index in [4.69, 9.17) is 19.2 Å². The van der Waals surface area contributed by atoms with Crippen molar-refractivity contribution in [3.63, 3.8) is 0 Å². The number of para-hydroxylation sites is 1. The summed E-state index contributed by atoms with van der Waals surface area (Å²) >= 11 is 3.16. The zero-order chi connectivity index (χ0) is 22.5. The van der Waals surface area contributed by atoms with Crippen LogP contribution in [0.25, 0.3) is 10.2 Å². The highest BCUT2D eigenvalue weighted by atomic mass is 35.5. The summed E-state index contributed by atoms with van der Waals surface area (Å²) in [7, 11) is 8.56. The highest BCUT2D eigenvalue weighted by Gasteiger charge is 2.25. The largest absolute Gasteiger partial charge is 0.493 e. The second-order valence-corrected chi connectivity index (χ2v) is 8.83. The summed E-state index contributed by atoms with van der Waals surface area (Å²) < 4.78 is 17.3. The summed E-state index contributed by atoms with van der Waals surface area (Å²) in [6.45, 7) is 1.19. The molecule has 0 radical (unpaired) electrons. The number of carbonyl (C=O) groups is 1. The van der Waals surface area contributed by atoms with E-state index in [-0.39, 0.29) is 18.3 Å². The summed E-state index contributed by atoms with van der Waals surface area (Å²) in [5.74, 6) is 1.15. The number of anilines is 1. The van der Waals surface area contributed by atoms with Gasteiger partial charge in [-0.25, -0.2) is 4.98 Å². The lowest BCUT2D eigenvalue weighted by molar-refractivity contribution is 0.0984. The highest BCUT2D eigenvalue weighted by molar-refractivity contribution is 7.98. The number of thioether (sulfide) groups is 1. The summed E-state index contributed by atoms with van der Waals surface area (Å²) in [6, 6.07) is 9.44. The molecule has 0 aliphatic carbocycles. The smallest absolute Gasteiger partial charge is 0.260 e. The van der Waals surface area contributed by atoms with Crippen LogP contribution in [0.3, 0.4) is 0 Å². The van der Waals surface area contributed by atoms with Gasteiger partial charge >= 0.3 is 0 Å². The van der Waals surface area contributed by atoms with Gasteiger partial charge in [0.15, 0.2) is 16.6 Å². The number of likely N-dealkylation sites (N-methyl/N-ethyl adjacent to an activating group) is 1. The molecule has 10 heteroatoms. The molecule has 0 saturated heterocycles. The number of methoxy groups -OCH3 is 3. The lowest BCUT2D eigenvalue weighted by Gasteiger charge is -2.23. The van der Waals surface area contributed by atoms with Crippen LogP contribution in [-0.4, -0.2) is 70.6 Å². The Morgan fingerprint density at radius 2 is 1.72 bits per heavy atom. The molecule has 32 heavy (non-hydrogen) atoms. The molecule has 0 atom stereocenters. The Labute approximate surface area is 203 Å². The average Bonchev–Trinajstić information content (AvgIpc) is 3.21. The van der Waals surface area contributed by atoms with Gasteiger partial charge in [0.1, 0.15) is 0 Å². The summed E-state index contributed by atoms with van der Waals surface area (Å²) in [4.78, 5) is 23.3. The molecule has 0 bridgehead atoms. The van der Waals surface area contributed by atoms with E-state index >= 15 is 0 Å². The number of carbonyl (C=O) groups excluding carboxylic acids is 1. The third-order valence-corrected chi connectivity index (χ3v) is 6.56. The molecule has 2 aromatic carbocycles. The first-order chi connectivity index (χ1) is 14.9. The van der Waals surface area contributed by atoms with E-state index in [0.29, 0.717) is 41.0 Å². The molecule has 174 valence electrons. The normalized spacial score (nSPS) is 10.7. The predicted octanol–water partition coefficient (Wildman–Crippen LogP) is 4.67. The number of thiazole rings is 1. The Hall–Kier alpha value is -2.20. The van der Waals surface area contributed by atoms with Gasteiger partial charge in [0.05, 0.1) is 31.5 Å². The Balaban J connectivity index is 0.00000363. The minimum atomic E-state index is -0.175. The van der Waals surface area contributed by atoms with Crippen molar-refractivity contribution in [2.45, 2.75) is 4.90 Å². The maximum absolute atomic E-state index is 13.6. The molecule has 3 aromatic rings. The van der Waals surface area contributed by atoms with Crippen LogP contribution in [0.1, 0.15) is 10.4 Å². The fourth-order valence-corrected chi connectivity index (χ4v) is 4.78.